The molecule has 2 rings (SSSR count). The highest BCUT2D eigenvalue weighted by Gasteiger charge is 2.25. The Labute approximate surface area is 128 Å². The smallest absolute Gasteiger partial charge is 0.211 e. The van der Waals surface area contributed by atoms with Crippen molar-refractivity contribution < 1.29 is 8.42 Å². The van der Waals surface area contributed by atoms with Crippen LogP contribution >= 0.6 is 15.9 Å². The number of hydrogen-bond acceptors (Lipinski definition) is 4. The minimum absolute atomic E-state index is 0.0598. The van der Waals surface area contributed by atoms with E-state index < -0.39 is 10.0 Å². The molecule has 112 valence electrons. The fourth-order valence-electron chi connectivity index (χ4n) is 2.44. The van der Waals surface area contributed by atoms with Gasteiger partial charge in [0.1, 0.15) is 0 Å². The molecule has 1 aliphatic heterocycles. The molecule has 0 aromatic heterocycles. The second kappa shape index (κ2) is 6.01. The summed E-state index contributed by atoms with van der Waals surface area (Å²) in [5.74, 6) is 0. The third-order valence-corrected chi connectivity index (χ3v) is 5.32. The molecule has 0 saturated carbocycles. The SMILES string of the molecule is CC(N)c1cc(Br)ccc1N1CCN(S(C)(=O)=O)CC1. The number of nitrogens with zero attached hydrogens (tertiary/aromatic N) is 2. The Bertz CT molecular complexity index is 581. The zero-order chi connectivity index (χ0) is 14.9. The predicted molar refractivity (Wildman–Crippen MR) is 85.4 cm³/mol. The molecule has 1 aromatic carbocycles. The molecule has 1 atom stereocenters. The number of rotatable bonds is 3. The second-order valence-electron chi connectivity index (χ2n) is 5.14. The van der Waals surface area contributed by atoms with Crippen molar-refractivity contribution in [3.63, 3.8) is 0 Å². The van der Waals surface area contributed by atoms with Crippen LogP contribution < -0.4 is 10.6 Å². The Balaban J connectivity index is 2.19. The van der Waals surface area contributed by atoms with E-state index in [-0.39, 0.29) is 6.04 Å². The zero-order valence-corrected chi connectivity index (χ0v) is 14.1. The molecular weight excluding hydrogens is 342 g/mol. The van der Waals surface area contributed by atoms with Crippen LogP contribution in [0.25, 0.3) is 0 Å². The Morgan fingerprint density at radius 2 is 1.85 bits per heavy atom. The minimum Gasteiger partial charge on any atom is -0.369 e. The largest absolute Gasteiger partial charge is 0.369 e. The van der Waals surface area contributed by atoms with Crippen LogP contribution in [0.15, 0.2) is 22.7 Å². The molecule has 5 nitrogen and oxygen atoms in total. The number of hydrogen-bond donors (Lipinski definition) is 1. The number of halogens is 1. The third-order valence-electron chi connectivity index (χ3n) is 3.53. The third kappa shape index (κ3) is 3.52. The van der Waals surface area contributed by atoms with Crippen LogP contribution in [-0.2, 0) is 10.0 Å². The topological polar surface area (TPSA) is 66.6 Å². The lowest BCUT2D eigenvalue weighted by molar-refractivity contribution is 0.387. The van der Waals surface area contributed by atoms with Crippen LogP contribution in [0.4, 0.5) is 5.69 Å². The fourth-order valence-corrected chi connectivity index (χ4v) is 3.64. The van der Waals surface area contributed by atoms with Gasteiger partial charge in [0.2, 0.25) is 10.0 Å². The molecule has 7 heteroatoms. The molecule has 0 amide bonds. The molecule has 2 N–H and O–H groups in total. The highest BCUT2D eigenvalue weighted by Crippen LogP contribution is 2.29. The summed E-state index contributed by atoms with van der Waals surface area (Å²) in [6.07, 6.45) is 1.26. The quantitative estimate of drug-likeness (QED) is 0.886. The van der Waals surface area contributed by atoms with E-state index in [4.69, 9.17) is 5.73 Å². The van der Waals surface area contributed by atoms with Crippen LogP contribution in [0.3, 0.4) is 0 Å². The molecule has 1 heterocycles. The number of benzene rings is 1. The maximum absolute atomic E-state index is 11.5. The Morgan fingerprint density at radius 3 is 2.35 bits per heavy atom. The van der Waals surface area contributed by atoms with Crippen LogP contribution in [0.1, 0.15) is 18.5 Å². The Kier molecular flexibility index (Phi) is 4.73. The summed E-state index contributed by atoms with van der Waals surface area (Å²) < 4.78 is 25.6. The molecule has 1 aromatic rings. The molecule has 1 saturated heterocycles. The summed E-state index contributed by atoms with van der Waals surface area (Å²) in [6, 6.07) is 6.00. The van der Waals surface area contributed by atoms with Gasteiger partial charge >= 0.3 is 0 Å². The number of anilines is 1. The van der Waals surface area contributed by atoms with E-state index in [0.29, 0.717) is 26.2 Å². The summed E-state index contributed by atoms with van der Waals surface area (Å²) in [4.78, 5) is 2.20. The molecule has 0 bridgehead atoms. The van der Waals surface area contributed by atoms with Crippen molar-refractivity contribution in [2.75, 3.05) is 37.3 Å². The molecule has 1 aliphatic rings. The molecule has 20 heavy (non-hydrogen) atoms. The summed E-state index contributed by atoms with van der Waals surface area (Å²) in [5.41, 5.74) is 8.20. The van der Waals surface area contributed by atoms with Gasteiger partial charge < -0.3 is 10.6 Å². The standard InChI is InChI=1S/C13H20BrN3O2S/c1-10(15)12-9-11(14)3-4-13(12)16-5-7-17(8-6-16)20(2,18)19/h3-4,9-10H,5-8,15H2,1-2H3. The van der Waals surface area contributed by atoms with E-state index in [1.54, 1.807) is 0 Å². The summed E-state index contributed by atoms with van der Waals surface area (Å²) in [5, 5.41) is 0. The average Bonchev–Trinajstić information content (AvgIpc) is 2.37. The van der Waals surface area contributed by atoms with E-state index in [0.717, 1.165) is 15.7 Å². The lowest BCUT2D eigenvalue weighted by atomic mass is 10.1. The van der Waals surface area contributed by atoms with Gasteiger partial charge in [-0.2, -0.15) is 4.31 Å². The highest BCUT2D eigenvalue weighted by molar-refractivity contribution is 9.10. The summed E-state index contributed by atoms with van der Waals surface area (Å²) >= 11 is 3.46. The van der Waals surface area contributed by atoms with Crippen LogP contribution in [-0.4, -0.2) is 45.2 Å². The van der Waals surface area contributed by atoms with Crippen molar-refractivity contribution in [3.05, 3.63) is 28.2 Å². The van der Waals surface area contributed by atoms with Crippen molar-refractivity contribution in [1.82, 2.24) is 4.31 Å². The lowest BCUT2D eigenvalue weighted by Gasteiger charge is -2.36. The first kappa shape index (κ1) is 15.8. The normalized spacial score (nSPS) is 19.1. The van der Waals surface area contributed by atoms with Gasteiger partial charge in [0.15, 0.2) is 0 Å². The first-order valence-electron chi connectivity index (χ1n) is 6.54. The van der Waals surface area contributed by atoms with Crippen molar-refractivity contribution in [3.8, 4) is 0 Å². The van der Waals surface area contributed by atoms with Gasteiger partial charge in [-0.05, 0) is 30.7 Å². The first-order valence-corrected chi connectivity index (χ1v) is 9.18. The van der Waals surface area contributed by atoms with Crippen LogP contribution in [0.5, 0.6) is 0 Å². The maximum atomic E-state index is 11.5. The minimum atomic E-state index is -3.09. The molecular formula is C13H20BrN3O2S. The molecule has 0 spiro atoms. The van der Waals surface area contributed by atoms with Gasteiger partial charge in [0.05, 0.1) is 6.26 Å². The van der Waals surface area contributed by atoms with E-state index in [2.05, 4.69) is 20.8 Å². The van der Waals surface area contributed by atoms with Gasteiger partial charge in [-0.15, -0.1) is 0 Å². The van der Waals surface area contributed by atoms with Crippen molar-refractivity contribution in [2.45, 2.75) is 13.0 Å². The number of nitrogens with two attached hydrogens (primary N) is 1. The van der Waals surface area contributed by atoms with Gasteiger partial charge in [-0.3, -0.25) is 0 Å². The zero-order valence-electron chi connectivity index (χ0n) is 11.7. The number of sulfonamides is 1. The van der Waals surface area contributed by atoms with E-state index in [1.165, 1.54) is 10.6 Å². The molecule has 1 unspecified atom stereocenters. The van der Waals surface area contributed by atoms with Gasteiger partial charge in [-0.1, -0.05) is 15.9 Å². The highest BCUT2D eigenvalue weighted by atomic mass is 79.9. The maximum Gasteiger partial charge on any atom is 0.211 e. The molecule has 1 fully saturated rings. The van der Waals surface area contributed by atoms with E-state index >= 15 is 0 Å². The monoisotopic (exact) mass is 361 g/mol. The summed E-state index contributed by atoms with van der Waals surface area (Å²) in [7, 11) is -3.09. The summed E-state index contributed by atoms with van der Waals surface area (Å²) in [6.45, 7) is 4.38. The van der Waals surface area contributed by atoms with Gasteiger partial charge in [-0.25, -0.2) is 8.42 Å². The predicted octanol–water partition coefficient (Wildman–Crippen LogP) is 1.55. The van der Waals surface area contributed by atoms with Gasteiger partial charge in [0.25, 0.3) is 0 Å². The first-order chi connectivity index (χ1) is 9.29. The average molecular weight is 362 g/mol. The van der Waals surface area contributed by atoms with E-state index in [9.17, 15) is 8.42 Å². The molecule has 0 radical (unpaired) electrons. The van der Waals surface area contributed by atoms with Crippen molar-refractivity contribution in [2.24, 2.45) is 5.73 Å². The number of piperazine rings is 1. The van der Waals surface area contributed by atoms with E-state index in [1.807, 2.05) is 25.1 Å². The van der Waals surface area contributed by atoms with Crippen molar-refractivity contribution >= 4 is 31.6 Å². The lowest BCUT2D eigenvalue weighted by Crippen LogP contribution is -2.48. The molecule has 0 aliphatic carbocycles. The Morgan fingerprint density at radius 1 is 1.25 bits per heavy atom. The van der Waals surface area contributed by atoms with Gasteiger partial charge in [0, 0.05) is 42.4 Å². The van der Waals surface area contributed by atoms with Crippen LogP contribution in [0, 0.1) is 0 Å². The fraction of sp³-hybridized carbons (Fsp3) is 0.538. The Hall–Kier alpha value is -0.630. The second-order valence-corrected chi connectivity index (χ2v) is 8.04. The van der Waals surface area contributed by atoms with Crippen molar-refractivity contribution in [1.29, 1.82) is 0 Å². The van der Waals surface area contributed by atoms with Crippen LogP contribution in [0.2, 0.25) is 0 Å².